The van der Waals surface area contributed by atoms with Gasteiger partial charge in [0.05, 0.1) is 12.7 Å². The average molecular weight is 328 g/mol. The van der Waals surface area contributed by atoms with Crippen LogP contribution in [0.4, 0.5) is 5.69 Å². The Morgan fingerprint density at radius 3 is 2.58 bits per heavy atom. The zero-order valence-electron chi connectivity index (χ0n) is 12.6. The molecule has 0 radical (unpaired) electrons. The van der Waals surface area contributed by atoms with Crippen molar-refractivity contribution in [1.29, 1.82) is 0 Å². The topological polar surface area (TPSA) is 125 Å². The molecule has 1 heterocycles. The van der Waals surface area contributed by atoms with Crippen molar-refractivity contribution in [2.45, 2.75) is 12.0 Å². The molecule has 6 N–H and O–H groups in total. The van der Waals surface area contributed by atoms with Gasteiger partial charge in [0.2, 0.25) is 5.91 Å². The van der Waals surface area contributed by atoms with Crippen LogP contribution in [0.25, 0.3) is 5.57 Å². The molecule has 1 unspecified atom stereocenters. The highest BCUT2D eigenvalue weighted by atomic mass is 16.5. The Bertz CT molecular complexity index is 816. The van der Waals surface area contributed by atoms with Gasteiger partial charge in [0.15, 0.2) is 0 Å². The summed E-state index contributed by atoms with van der Waals surface area (Å²) in [5, 5.41) is 29.6. The van der Waals surface area contributed by atoms with Crippen LogP contribution in [0.5, 0.6) is 11.5 Å². The Hall–Kier alpha value is -3.03. The Labute approximate surface area is 137 Å². The second kappa shape index (κ2) is 5.88. The van der Waals surface area contributed by atoms with Gasteiger partial charge >= 0.3 is 0 Å². The molecule has 0 spiro atoms. The number of hydroxylamine groups is 1. The summed E-state index contributed by atoms with van der Waals surface area (Å²) in [6, 6.07) is 10.8. The maximum Gasteiger partial charge on any atom is 0.246 e. The third-order valence-electron chi connectivity index (χ3n) is 3.92. The fraction of sp³-hybridized carbons (Fsp3) is 0.118. The van der Waals surface area contributed by atoms with Gasteiger partial charge in [0, 0.05) is 22.9 Å². The molecule has 0 saturated heterocycles. The lowest BCUT2D eigenvalue weighted by Crippen LogP contribution is -2.37. The van der Waals surface area contributed by atoms with Crippen LogP contribution in [0.3, 0.4) is 0 Å². The second-order valence-corrected chi connectivity index (χ2v) is 5.52. The van der Waals surface area contributed by atoms with Gasteiger partial charge in [-0.2, -0.15) is 0 Å². The SMILES string of the molecule is Nc1ccc2c(c1)OC=C(c1ccc(O)cc1)C2(O)CC(=O)NO. The Balaban J connectivity index is 2.14. The predicted octanol–water partition coefficient (Wildman–Crippen LogP) is 1.49. The molecule has 0 saturated carbocycles. The minimum absolute atomic E-state index is 0.0703. The van der Waals surface area contributed by atoms with E-state index in [0.717, 1.165) is 0 Å². The lowest BCUT2D eigenvalue weighted by Gasteiger charge is -2.35. The van der Waals surface area contributed by atoms with E-state index in [2.05, 4.69) is 0 Å². The molecule has 7 heteroatoms. The van der Waals surface area contributed by atoms with E-state index in [9.17, 15) is 15.0 Å². The monoisotopic (exact) mass is 328 g/mol. The number of nitrogens with two attached hydrogens (primary N) is 1. The highest BCUT2D eigenvalue weighted by Gasteiger charge is 2.42. The van der Waals surface area contributed by atoms with Crippen molar-refractivity contribution in [2.24, 2.45) is 0 Å². The van der Waals surface area contributed by atoms with Gasteiger partial charge in [-0.1, -0.05) is 12.1 Å². The summed E-state index contributed by atoms with van der Waals surface area (Å²) >= 11 is 0. The maximum absolute atomic E-state index is 11.7. The van der Waals surface area contributed by atoms with Gasteiger partial charge in [-0.25, -0.2) is 5.48 Å². The molecule has 1 aliphatic rings. The number of benzene rings is 2. The molecule has 7 nitrogen and oxygen atoms in total. The first-order valence-corrected chi connectivity index (χ1v) is 7.16. The lowest BCUT2D eigenvalue weighted by atomic mass is 9.78. The minimum atomic E-state index is -1.73. The van der Waals surface area contributed by atoms with Crippen LogP contribution in [-0.4, -0.2) is 21.3 Å². The number of carbonyl (C=O) groups is 1. The van der Waals surface area contributed by atoms with Crippen LogP contribution in [0.2, 0.25) is 0 Å². The number of anilines is 1. The van der Waals surface area contributed by atoms with Crippen molar-refractivity contribution in [3.05, 3.63) is 59.9 Å². The molecule has 2 aromatic carbocycles. The van der Waals surface area contributed by atoms with Crippen molar-refractivity contribution in [1.82, 2.24) is 5.48 Å². The summed E-state index contributed by atoms with van der Waals surface area (Å²) in [6.45, 7) is 0. The van der Waals surface area contributed by atoms with Gasteiger partial charge in [-0.3, -0.25) is 10.0 Å². The fourth-order valence-electron chi connectivity index (χ4n) is 2.75. The first-order chi connectivity index (χ1) is 11.4. The molecular weight excluding hydrogens is 312 g/mol. The van der Waals surface area contributed by atoms with E-state index in [1.54, 1.807) is 30.3 Å². The number of hydrogen-bond acceptors (Lipinski definition) is 6. The molecule has 1 aliphatic heterocycles. The number of fused-ring (bicyclic) bond motifs is 1. The summed E-state index contributed by atoms with van der Waals surface area (Å²) in [5.41, 5.74) is 7.21. The van der Waals surface area contributed by atoms with E-state index in [0.29, 0.717) is 28.1 Å². The van der Waals surface area contributed by atoms with Gasteiger partial charge in [0.1, 0.15) is 17.1 Å². The number of carbonyl (C=O) groups excluding carboxylic acids is 1. The van der Waals surface area contributed by atoms with Crippen molar-refractivity contribution >= 4 is 17.2 Å². The van der Waals surface area contributed by atoms with E-state index in [1.807, 2.05) is 0 Å². The molecule has 24 heavy (non-hydrogen) atoms. The van der Waals surface area contributed by atoms with Crippen molar-refractivity contribution < 1.29 is 25.0 Å². The number of phenols is 1. The normalized spacial score (nSPS) is 19.0. The molecule has 1 atom stereocenters. The van der Waals surface area contributed by atoms with Crippen LogP contribution in [0, 0.1) is 0 Å². The summed E-state index contributed by atoms with van der Waals surface area (Å²) in [5.74, 6) is -0.362. The quantitative estimate of drug-likeness (QED) is 0.330. The number of ether oxygens (including phenoxy) is 1. The first kappa shape index (κ1) is 15.9. The van der Waals surface area contributed by atoms with Crippen molar-refractivity contribution in [2.75, 3.05) is 5.73 Å². The second-order valence-electron chi connectivity index (χ2n) is 5.52. The molecule has 124 valence electrons. The summed E-state index contributed by atoms with van der Waals surface area (Å²) in [7, 11) is 0. The number of phenolic OH excluding ortho intramolecular Hbond substituents is 1. The molecule has 1 amide bonds. The van der Waals surface area contributed by atoms with Crippen molar-refractivity contribution in [3.8, 4) is 11.5 Å². The van der Waals surface area contributed by atoms with Gasteiger partial charge in [-0.15, -0.1) is 0 Å². The number of aliphatic hydroxyl groups is 1. The summed E-state index contributed by atoms with van der Waals surface area (Å²) in [6.07, 6.45) is 0.912. The number of aromatic hydroxyl groups is 1. The first-order valence-electron chi connectivity index (χ1n) is 7.16. The Morgan fingerprint density at radius 1 is 1.21 bits per heavy atom. The molecule has 3 rings (SSSR count). The highest BCUT2D eigenvalue weighted by molar-refractivity contribution is 5.85. The summed E-state index contributed by atoms with van der Waals surface area (Å²) in [4.78, 5) is 11.7. The zero-order valence-corrected chi connectivity index (χ0v) is 12.6. The average Bonchev–Trinajstić information content (AvgIpc) is 2.56. The van der Waals surface area contributed by atoms with Gasteiger partial charge in [0.25, 0.3) is 0 Å². The highest BCUT2D eigenvalue weighted by Crippen LogP contribution is 2.46. The fourth-order valence-corrected chi connectivity index (χ4v) is 2.75. The number of rotatable bonds is 3. The molecule has 2 aromatic rings. The number of nitrogens with one attached hydrogen (secondary N) is 1. The third-order valence-corrected chi connectivity index (χ3v) is 3.92. The van der Waals surface area contributed by atoms with Gasteiger partial charge < -0.3 is 20.7 Å². The largest absolute Gasteiger partial charge is 0.508 e. The molecule has 0 bridgehead atoms. The van der Waals surface area contributed by atoms with E-state index < -0.39 is 17.9 Å². The van der Waals surface area contributed by atoms with Gasteiger partial charge in [-0.05, 0) is 29.8 Å². The smallest absolute Gasteiger partial charge is 0.246 e. The van der Waals surface area contributed by atoms with E-state index >= 15 is 0 Å². The van der Waals surface area contributed by atoms with E-state index in [4.69, 9.17) is 15.7 Å². The van der Waals surface area contributed by atoms with Crippen LogP contribution < -0.4 is 16.0 Å². The standard InChI is InChI=1S/C17H16N2O5/c18-11-3-6-13-15(7-11)24-9-14(10-1-4-12(20)5-2-10)17(13,22)8-16(21)19-23/h1-7,9,20,22-23H,8,18H2,(H,19,21). The Morgan fingerprint density at radius 2 is 1.92 bits per heavy atom. The molecule has 0 aliphatic carbocycles. The third kappa shape index (κ3) is 2.66. The van der Waals surface area contributed by atoms with E-state index in [1.165, 1.54) is 23.9 Å². The van der Waals surface area contributed by atoms with Crippen molar-refractivity contribution in [3.63, 3.8) is 0 Å². The predicted molar refractivity (Wildman–Crippen MR) is 86.0 cm³/mol. The number of nitrogen functional groups attached to an aromatic ring is 1. The minimum Gasteiger partial charge on any atom is -0.508 e. The van der Waals surface area contributed by atoms with Crippen LogP contribution in [0.1, 0.15) is 17.5 Å². The molecule has 0 fully saturated rings. The lowest BCUT2D eigenvalue weighted by molar-refractivity contribution is -0.132. The maximum atomic E-state index is 11.7. The van der Waals surface area contributed by atoms with Crippen LogP contribution in [0.15, 0.2) is 48.7 Å². The number of hydrogen-bond donors (Lipinski definition) is 5. The van der Waals surface area contributed by atoms with Crippen LogP contribution >= 0.6 is 0 Å². The zero-order chi connectivity index (χ0) is 17.3. The molecular formula is C17H16N2O5. The van der Waals surface area contributed by atoms with E-state index in [-0.39, 0.29) is 5.75 Å². The molecule has 0 aromatic heterocycles. The Kier molecular flexibility index (Phi) is 3.88. The number of amides is 1. The van der Waals surface area contributed by atoms with Crippen LogP contribution in [-0.2, 0) is 10.4 Å². The summed E-state index contributed by atoms with van der Waals surface area (Å²) < 4.78 is 5.55.